The van der Waals surface area contributed by atoms with Crippen molar-refractivity contribution < 1.29 is 23.8 Å². The molecular formula is C22H32O5. The number of hydrogen-bond acceptors (Lipinski definition) is 5. The topological polar surface area (TPSA) is 61.8 Å². The highest BCUT2D eigenvalue weighted by Crippen LogP contribution is 2.63. The van der Waals surface area contributed by atoms with Crippen molar-refractivity contribution in [3.05, 3.63) is 23.8 Å². The lowest BCUT2D eigenvalue weighted by molar-refractivity contribution is -0.206. The van der Waals surface area contributed by atoms with Gasteiger partial charge in [0.1, 0.15) is 0 Å². The third-order valence-corrected chi connectivity index (χ3v) is 7.67. The fourth-order valence-corrected chi connectivity index (χ4v) is 6.12. The molecule has 3 rings (SSSR count). The Labute approximate surface area is 162 Å². The van der Waals surface area contributed by atoms with Crippen molar-refractivity contribution >= 4 is 11.9 Å². The predicted octanol–water partition coefficient (Wildman–Crippen LogP) is 4.17. The van der Waals surface area contributed by atoms with Crippen LogP contribution < -0.4 is 0 Å². The zero-order chi connectivity index (χ0) is 20.0. The second kappa shape index (κ2) is 6.77. The van der Waals surface area contributed by atoms with Crippen LogP contribution in [0.3, 0.4) is 0 Å². The van der Waals surface area contributed by atoms with Crippen molar-refractivity contribution in [1.29, 1.82) is 0 Å². The number of esters is 2. The maximum Gasteiger partial charge on any atom is 0.333 e. The minimum Gasteiger partial charge on any atom is -0.469 e. The first-order valence-electron chi connectivity index (χ1n) is 9.86. The van der Waals surface area contributed by atoms with Crippen LogP contribution in [0.25, 0.3) is 0 Å². The molecule has 27 heavy (non-hydrogen) atoms. The molecule has 150 valence electrons. The van der Waals surface area contributed by atoms with E-state index < -0.39 is 11.2 Å². The first-order chi connectivity index (χ1) is 12.6. The van der Waals surface area contributed by atoms with Gasteiger partial charge in [0.05, 0.1) is 12.5 Å². The van der Waals surface area contributed by atoms with Gasteiger partial charge < -0.3 is 14.2 Å². The highest BCUT2D eigenvalue weighted by molar-refractivity contribution is 5.86. The van der Waals surface area contributed by atoms with Gasteiger partial charge in [-0.15, -0.1) is 0 Å². The molecule has 5 heteroatoms. The molecular weight excluding hydrogens is 344 g/mol. The smallest absolute Gasteiger partial charge is 0.333 e. The Hall–Kier alpha value is -1.62. The van der Waals surface area contributed by atoms with E-state index in [9.17, 15) is 9.59 Å². The van der Waals surface area contributed by atoms with Crippen molar-refractivity contribution in [2.24, 2.45) is 22.7 Å². The summed E-state index contributed by atoms with van der Waals surface area (Å²) in [6.45, 7) is 10.6. The van der Waals surface area contributed by atoms with Crippen LogP contribution in [0.4, 0.5) is 0 Å². The molecule has 1 heterocycles. The van der Waals surface area contributed by atoms with E-state index in [0.29, 0.717) is 6.42 Å². The summed E-state index contributed by atoms with van der Waals surface area (Å²) in [7, 11) is 3.06. The van der Waals surface area contributed by atoms with Gasteiger partial charge in [-0.3, -0.25) is 4.79 Å². The summed E-state index contributed by atoms with van der Waals surface area (Å²) in [6.07, 6.45) is 6.69. The van der Waals surface area contributed by atoms with Gasteiger partial charge in [-0.05, 0) is 56.8 Å². The second-order valence-electron chi connectivity index (χ2n) is 8.98. The van der Waals surface area contributed by atoms with Crippen LogP contribution >= 0.6 is 0 Å². The maximum atomic E-state index is 12.7. The van der Waals surface area contributed by atoms with Gasteiger partial charge in [0, 0.05) is 25.2 Å². The van der Waals surface area contributed by atoms with Crippen molar-refractivity contribution in [2.75, 3.05) is 14.2 Å². The van der Waals surface area contributed by atoms with Gasteiger partial charge in [0.2, 0.25) is 5.79 Å². The molecule has 0 N–H and O–H groups in total. The van der Waals surface area contributed by atoms with Crippen LogP contribution in [0, 0.1) is 22.7 Å². The molecule has 0 aromatic carbocycles. The van der Waals surface area contributed by atoms with Crippen LogP contribution in [0.1, 0.15) is 59.3 Å². The molecule has 3 aliphatic rings. The van der Waals surface area contributed by atoms with Crippen LogP contribution in [0.15, 0.2) is 23.8 Å². The molecule has 5 nitrogen and oxygen atoms in total. The highest BCUT2D eigenvalue weighted by atomic mass is 16.7. The van der Waals surface area contributed by atoms with Gasteiger partial charge in [-0.2, -0.15) is 0 Å². The van der Waals surface area contributed by atoms with Crippen LogP contribution in [-0.2, 0) is 23.8 Å². The normalized spacial score (nSPS) is 41.6. The molecule has 2 saturated carbocycles. The summed E-state index contributed by atoms with van der Waals surface area (Å²) < 4.78 is 16.5. The lowest BCUT2D eigenvalue weighted by Crippen LogP contribution is -2.55. The summed E-state index contributed by atoms with van der Waals surface area (Å²) in [5.74, 6) is -1.20. The minimum atomic E-state index is -1.03. The molecule has 0 aromatic heterocycles. The number of carbonyl (C=O) groups excluding carboxylic acids is 2. The average Bonchev–Trinajstić information content (AvgIpc) is 2.91. The van der Waals surface area contributed by atoms with E-state index in [1.54, 1.807) is 7.11 Å². The van der Waals surface area contributed by atoms with Gasteiger partial charge in [-0.25, -0.2) is 4.79 Å². The lowest BCUT2D eigenvalue weighted by Gasteiger charge is -2.58. The van der Waals surface area contributed by atoms with Crippen LogP contribution in [0.5, 0.6) is 0 Å². The van der Waals surface area contributed by atoms with Crippen molar-refractivity contribution in [3.63, 3.8) is 0 Å². The Balaban J connectivity index is 1.98. The Kier molecular flexibility index (Phi) is 5.04. The van der Waals surface area contributed by atoms with E-state index in [1.165, 1.54) is 13.2 Å². The third-order valence-electron chi connectivity index (χ3n) is 7.67. The van der Waals surface area contributed by atoms with Crippen LogP contribution in [-0.4, -0.2) is 31.9 Å². The Bertz CT molecular complexity index is 695. The molecule has 0 saturated heterocycles. The molecule has 0 radical (unpaired) electrons. The number of methoxy groups -OCH3 is 2. The second-order valence-corrected chi connectivity index (χ2v) is 8.98. The number of fused-ring (bicyclic) bond motifs is 1. The molecule has 0 amide bonds. The van der Waals surface area contributed by atoms with E-state index in [1.807, 2.05) is 6.92 Å². The largest absolute Gasteiger partial charge is 0.469 e. The lowest BCUT2D eigenvalue weighted by atomic mass is 9.46. The van der Waals surface area contributed by atoms with Crippen molar-refractivity contribution in [2.45, 2.75) is 65.1 Å². The molecule has 0 spiro atoms. The highest BCUT2D eigenvalue weighted by Gasteiger charge is 2.59. The number of carbonyl (C=O) groups is 2. The quantitative estimate of drug-likeness (QED) is 0.544. The summed E-state index contributed by atoms with van der Waals surface area (Å²) in [4.78, 5) is 24.6. The van der Waals surface area contributed by atoms with Gasteiger partial charge in [-0.1, -0.05) is 25.5 Å². The number of hydrogen-bond donors (Lipinski definition) is 0. The molecule has 0 bridgehead atoms. The first kappa shape index (κ1) is 20.1. The van der Waals surface area contributed by atoms with E-state index in [0.717, 1.165) is 43.3 Å². The maximum absolute atomic E-state index is 12.7. The minimum absolute atomic E-state index is 0.106. The summed E-state index contributed by atoms with van der Waals surface area (Å²) >= 11 is 0. The first-order valence-corrected chi connectivity index (χ1v) is 9.86. The van der Waals surface area contributed by atoms with Gasteiger partial charge in [0.25, 0.3) is 0 Å². The van der Waals surface area contributed by atoms with E-state index in [2.05, 4.69) is 20.4 Å². The fourth-order valence-electron chi connectivity index (χ4n) is 6.12. The molecule has 5 atom stereocenters. The number of cyclic esters (lactones) is 1. The SMILES string of the molecule is C=C1CCC2[C@](C)(CCC[C@]2(C)C(=O)OC)C1CC1(OC)OC(=O)C=C1C. The molecule has 2 fully saturated rings. The van der Waals surface area contributed by atoms with E-state index >= 15 is 0 Å². The van der Waals surface area contributed by atoms with Gasteiger partial charge in [0.15, 0.2) is 0 Å². The number of rotatable bonds is 4. The summed E-state index contributed by atoms with van der Waals surface area (Å²) in [5.41, 5.74) is 1.35. The Morgan fingerprint density at radius 2 is 2.04 bits per heavy atom. The zero-order valence-corrected chi connectivity index (χ0v) is 17.2. The number of allylic oxidation sites excluding steroid dienone is 1. The van der Waals surface area contributed by atoms with Crippen LogP contribution in [0.2, 0.25) is 0 Å². The Morgan fingerprint density at radius 1 is 1.33 bits per heavy atom. The third kappa shape index (κ3) is 2.95. The van der Waals surface area contributed by atoms with Gasteiger partial charge >= 0.3 is 11.9 Å². The van der Waals surface area contributed by atoms with E-state index in [-0.39, 0.29) is 29.2 Å². The molecule has 1 aliphatic heterocycles. The monoisotopic (exact) mass is 376 g/mol. The van der Waals surface area contributed by atoms with E-state index in [4.69, 9.17) is 14.2 Å². The number of ether oxygens (including phenoxy) is 3. The molecule has 2 aliphatic carbocycles. The Morgan fingerprint density at radius 3 is 2.59 bits per heavy atom. The standard InChI is InChI=1S/C22H32O5/c1-14-8-9-17-20(3,10-7-11-21(17,4)19(24)25-5)16(14)13-22(26-6)15(2)12-18(23)27-22/h12,16-17H,1,7-11,13H2,2-6H3/t16?,17?,20-,21+,22?/m1/s1. The average molecular weight is 376 g/mol. The molecule has 3 unspecified atom stereocenters. The zero-order valence-electron chi connectivity index (χ0n) is 17.2. The fraction of sp³-hybridized carbons (Fsp3) is 0.727. The summed E-state index contributed by atoms with van der Waals surface area (Å²) in [5, 5.41) is 0. The van der Waals surface area contributed by atoms with Crippen molar-refractivity contribution in [3.8, 4) is 0 Å². The predicted molar refractivity (Wildman–Crippen MR) is 102 cm³/mol. The summed E-state index contributed by atoms with van der Waals surface area (Å²) in [6, 6.07) is 0. The van der Waals surface area contributed by atoms with Crippen molar-refractivity contribution in [1.82, 2.24) is 0 Å². The molecule has 0 aromatic rings.